The van der Waals surface area contributed by atoms with Gasteiger partial charge in [-0.2, -0.15) is 13.2 Å². The summed E-state index contributed by atoms with van der Waals surface area (Å²) in [6.07, 6.45) is -4.82. The summed E-state index contributed by atoms with van der Waals surface area (Å²) in [6.45, 7) is 2.32. The Kier molecular flexibility index (Phi) is 5.33. The van der Waals surface area contributed by atoms with Gasteiger partial charge < -0.3 is 14.7 Å². The fraction of sp³-hybridized carbons (Fsp3) is 0.571. The van der Waals surface area contributed by atoms with Gasteiger partial charge in [-0.1, -0.05) is 0 Å². The maximum absolute atomic E-state index is 12.9. The van der Waals surface area contributed by atoms with E-state index in [1.54, 1.807) is 13.8 Å². The number of carbonyl (C=O) groups excluding carboxylic acids is 1. The van der Waals surface area contributed by atoms with Crippen molar-refractivity contribution in [3.8, 4) is 5.88 Å². The molecule has 1 fully saturated rings. The average Bonchev–Trinajstić information content (AvgIpc) is 2.94. The van der Waals surface area contributed by atoms with Gasteiger partial charge in [-0.25, -0.2) is 4.79 Å². The van der Waals surface area contributed by atoms with E-state index in [0.29, 0.717) is 0 Å². The number of aromatic nitrogens is 2. The standard InChI is InChI=1S/C14H17F3N4O4/c1-7(2)25-11-4-3-10(19-20-11)18-13(24)21-5-8(12(22)23)9(6-21)14(15,16)17/h3-4,7-9H,5-6H2,1-2H3,(H,22,23)(H,18,19,24)/t8-,9-/m1/s1. The molecule has 1 aliphatic rings. The van der Waals surface area contributed by atoms with E-state index in [1.165, 1.54) is 12.1 Å². The second-order valence-corrected chi connectivity index (χ2v) is 5.85. The van der Waals surface area contributed by atoms with E-state index in [2.05, 4.69) is 15.5 Å². The minimum absolute atomic E-state index is 0.0171. The fourth-order valence-electron chi connectivity index (χ4n) is 2.43. The van der Waals surface area contributed by atoms with Crippen LogP contribution in [0.5, 0.6) is 5.88 Å². The lowest BCUT2D eigenvalue weighted by Crippen LogP contribution is -2.35. The number of alkyl halides is 3. The summed E-state index contributed by atoms with van der Waals surface area (Å²) in [5.41, 5.74) is 0. The molecule has 1 aromatic heterocycles. The Bertz CT molecular complexity index is 636. The van der Waals surface area contributed by atoms with E-state index >= 15 is 0 Å². The predicted molar refractivity (Wildman–Crippen MR) is 79.1 cm³/mol. The molecule has 0 radical (unpaired) electrons. The summed E-state index contributed by atoms with van der Waals surface area (Å²) < 4.78 is 44.1. The van der Waals surface area contributed by atoms with Gasteiger partial charge in [0.15, 0.2) is 5.82 Å². The van der Waals surface area contributed by atoms with E-state index in [9.17, 15) is 22.8 Å². The first kappa shape index (κ1) is 18.7. The van der Waals surface area contributed by atoms with Gasteiger partial charge >= 0.3 is 18.2 Å². The number of urea groups is 1. The summed E-state index contributed by atoms with van der Waals surface area (Å²) >= 11 is 0. The molecule has 2 heterocycles. The van der Waals surface area contributed by atoms with Crippen LogP contribution in [0.15, 0.2) is 12.1 Å². The van der Waals surface area contributed by atoms with Crippen LogP contribution in [0, 0.1) is 11.8 Å². The number of carboxylic acids is 1. The SMILES string of the molecule is CC(C)Oc1ccc(NC(=O)N2C[C@@H](C(F)(F)F)[C@H](C(=O)O)C2)nn1. The van der Waals surface area contributed by atoms with Crippen molar-refractivity contribution in [3.05, 3.63) is 12.1 Å². The number of ether oxygens (including phenoxy) is 1. The first-order valence-electron chi connectivity index (χ1n) is 7.43. The molecule has 2 rings (SSSR count). The normalized spacial score (nSPS) is 20.6. The number of hydrogen-bond acceptors (Lipinski definition) is 5. The first-order valence-corrected chi connectivity index (χ1v) is 7.43. The van der Waals surface area contributed by atoms with E-state index in [0.717, 1.165) is 4.90 Å². The number of nitrogens with zero attached hydrogens (tertiary/aromatic N) is 3. The molecule has 0 unspecified atom stereocenters. The maximum Gasteiger partial charge on any atom is 0.394 e. The summed E-state index contributed by atoms with van der Waals surface area (Å²) in [5.74, 6) is -5.14. The average molecular weight is 362 g/mol. The highest BCUT2D eigenvalue weighted by atomic mass is 19.4. The Hall–Kier alpha value is -2.59. The van der Waals surface area contributed by atoms with E-state index in [-0.39, 0.29) is 17.8 Å². The zero-order valence-corrected chi connectivity index (χ0v) is 13.4. The molecule has 0 spiro atoms. The molecule has 2 atom stereocenters. The van der Waals surface area contributed by atoms with Gasteiger partial charge in [0.25, 0.3) is 0 Å². The molecule has 11 heteroatoms. The quantitative estimate of drug-likeness (QED) is 0.849. The highest BCUT2D eigenvalue weighted by molar-refractivity contribution is 5.89. The number of carboxylic acid groups (broad SMARTS) is 1. The third-order valence-corrected chi connectivity index (χ3v) is 3.58. The Morgan fingerprint density at radius 3 is 2.44 bits per heavy atom. The van der Waals surface area contributed by atoms with Crippen molar-refractivity contribution >= 4 is 17.8 Å². The van der Waals surface area contributed by atoms with Crippen LogP contribution in [0.2, 0.25) is 0 Å². The summed E-state index contributed by atoms with van der Waals surface area (Å²) in [5, 5.41) is 18.6. The Balaban J connectivity index is 2.02. The van der Waals surface area contributed by atoms with Gasteiger partial charge in [0, 0.05) is 19.2 Å². The molecule has 25 heavy (non-hydrogen) atoms. The molecule has 2 N–H and O–H groups in total. The molecule has 1 aliphatic heterocycles. The second kappa shape index (κ2) is 7.11. The van der Waals surface area contributed by atoms with Crippen LogP contribution in [0.4, 0.5) is 23.8 Å². The molecule has 138 valence electrons. The number of aliphatic carboxylic acids is 1. The topological polar surface area (TPSA) is 105 Å². The number of amides is 2. The minimum Gasteiger partial charge on any atom is -0.481 e. The lowest BCUT2D eigenvalue weighted by Gasteiger charge is -2.18. The van der Waals surface area contributed by atoms with Crippen LogP contribution in [-0.2, 0) is 4.79 Å². The molecular formula is C14H17F3N4O4. The highest BCUT2D eigenvalue weighted by Gasteiger charge is 2.53. The smallest absolute Gasteiger partial charge is 0.394 e. The minimum atomic E-state index is -4.70. The second-order valence-electron chi connectivity index (χ2n) is 5.85. The van der Waals surface area contributed by atoms with Gasteiger partial charge in [0.05, 0.1) is 17.9 Å². The number of hydrogen-bond donors (Lipinski definition) is 2. The van der Waals surface area contributed by atoms with Crippen molar-refractivity contribution in [3.63, 3.8) is 0 Å². The Labute approximate surface area is 141 Å². The van der Waals surface area contributed by atoms with Crippen molar-refractivity contribution < 1.29 is 32.6 Å². The lowest BCUT2D eigenvalue weighted by atomic mass is 9.96. The molecule has 8 nitrogen and oxygen atoms in total. The number of nitrogens with one attached hydrogen (secondary N) is 1. The third kappa shape index (κ3) is 4.70. The van der Waals surface area contributed by atoms with Crippen molar-refractivity contribution in [1.29, 1.82) is 0 Å². The molecule has 0 saturated carbocycles. The van der Waals surface area contributed by atoms with E-state index in [1.807, 2.05) is 0 Å². The monoisotopic (exact) mass is 362 g/mol. The van der Waals surface area contributed by atoms with E-state index < -0.39 is 43.1 Å². The molecule has 0 aliphatic carbocycles. The Morgan fingerprint density at radius 2 is 2.00 bits per heavy atom. The van der Waals surface area contributed by atoms with Crippen molar-refractivity contribution in [1.82, 2.24) is 15.1 Å². The third-order valence-electron chi connectivity index (χ3n) is 3.58. The van der Waals surface area contributed by atoms with Gasteiger partial charge in [-0.15, -0.1) is 10.2 Å². The number of carbonyl (C=O) groups is 2. The van der Waals surface area contributed by atoms with E-state index in [4.69, 9.17) is 9.84 Å². The van der Waals surface area contributed by atoms with Gasteiger partial charge in [-0.05, 0) is 19.9 Å². The fourth-order valence-corrected chi connectivity index (χ4v) is 2.43. The molecule has 0 bridgehead atoms. The molecule has 0 aromatic carbocycles. The zero-order valence-electron chi connectivity index (χ0n) is 13.4. The summed E-state index contributed by atoms with van der Waals surface area (Å²) in [7, 11) is 0. The van der Waals surface area contributed by atoms with Gasteiger partial charge in [0.1, 0.15) is 0 Å². The van der Waals surface area contributed by atoms with Gasteiger partial charge in [-0.3, -0.25) is 10.1 Å². The largest absolute Gasteiger partial charge is 0.481 e. The predicted octanol–water partition coefficient (Wildman–Crippen LogP) is 1.99. The number of anilines is 1. The van der Waals surface area contributed by atoms with Crippen LogP contribution in [0.25, 0.3) is 0 Å². The zero-order chi connectivity index (χ0) is 18.8. The van der Waals surface area contributed by atoms with Crippen LogP contribution >= 0.6 is 0 Å². The molecule has 1 aromatic rings. The summed E-state index contributed by atoms with van der Waals surface area (Å²) in [4.78, 5) is 23.9. The summed E-state index contributed by atoms with van der Waals surface area (Å²) in [6, 6.07) is 1.96. The number of halogens is 3. The van der Waals surface area contributed by atoms with Crippen LogP contribution < -0.4 is 10.1 Å². The van der Waals surface area contributed by atoms with Crippen molar-refractivity contribution in [2.24, 2.45) is 11.8 Å². The van der Waals surface area contributed by atoms with Crippen LogP contribution in [-0.4, -0.2) is 57.6 Å². The maximum atomic E-state index is 12.9. The first-order chi connectivity index (χ1) is 11.6. The number of rotatable bonds is 4. The number of likely N-dealkylation sites (tertiary alicyclic amines) is 1. The molecule has 1 saturated heterocycles. The van der Waals surface area contributed by atoms with Crippen LogP contribution in [0.3, 0.4) is 0 Å². The molecular weight excluding hydrogens is 345 g/mol. The van der Waals surface area contributed by atoms with Crippen LogP contribution in [0.1, 0.15) is 13.8 Å². The van der Waals surface area contributed by atoms with Gasteiger partial charge in [0.2, 0.25) is 5.88 Å². The van der Waals surface area contributed by atoms with Crippen molar-refractivity contribution in [2.45, 2.75) is 26.1 Å². The van der Waals surface area contributed by atoms with Crippen molar-refractivity contribution in [2.75, 3.05) is 18.4 Å². The highest BCUT2D eigenvalue weighted by Crippen LogP contribution is 2.37. The molecule has 2 amide bonds. The Morgan fingerprint density at radius 1 is 1.32 bits per heavy atom. The lowest BCUT2D eigenvalue weighted by molar-refractivity contribution is -0.187.